The minimum absolute atomic E-state index is 0.0376. The summed E-state index contributed by atoms with van der Waals surface area (Å²) in [6, 6.07) is 9.32. The molecule has 0 amide bonds. The Bertz CT molecular complexity index is 1460. The molecular weight excluding hydrogens is 456 g/mol. The number of rotatable bonds is 5. The summed E-state index contributed by atoms with van der Waals surface area (Å²) < 4.78 is 29.6. The number of carbonyl (C=O) groups is 1. The van der Waals surface area contributed by atoms with Crippen molar-refractivity contribution in [3.63, 3.8) is 0 Å². The normalized spacial score (nSPS) is 21.2. The first-order chi connectivity index (χ1) is 16.6. The summed E-state index contributed by atoms with van der Waals surface area (Å²) in [6.45, 7) is 3.65. The zero-order valence-corrected chi connectivity index (χ0v) is 19.1. The largest absolute Gasteiger partial charge is 0.478 e. The van der Waals surface area contributed by atoms with Gasteiger partial charge in [0, 0.05) is 42.4 Å². The maximum absolute atomic E-state index is 14.1. The molecule has 1 aliphatic heterocycles. The van der Waals surface area contributed by atoms with E-state index in [-0.39, 0.29) is 35.6 Å². The molecular formula is C25H23F2N5O3. The van der Waals surface area contributed by atoms with Gasteiger partial charge in [0.2, 0.25) is 0 Å². The Hall–Kier alpha value is -4.00. The summed E-state index contributed by atoms with van der Waals surface area (Å²) in [7, 11) is 0. The van der Waals surface area contributed by atoms with Crippen LogP contribution in [0.25, 0.3) is 5.65 Å². The third kappa shape index (κ3) is 3.67. The van der Waals surface area contributed by atoms with Crippen LogP contribution in [-0.2, 0) is 0 Å². The Labute approximate surface area is 199 Å². The van der Waals surface area contributed by atoms with E-state index >= 15 is 0 Å². The van der Waals surface area contributed by atoms with E-state index in [1.54, 1.807) is 36.2 Å². The molecule has 180 valence electrons. The Morgan fingerprint density at radius 1 is 1.37 bits per heavy atom. The average molecular weight is 479 g/mol. The second kappa shape index (κ2) is 8.05. The van der Waals surface area contributed by atoms with Gasteiger partial charge in [-0.15, -0.1) is 0 Å². The number of hydrogen-bond donors (Lipinski definition) is 2. The molecule has 3 aromatic rings. The number of fused-ring (bicyclic) bond motifs is 3. The number of benzene rings is 1. The topological polar surface area (TPSA) is 111 Å². The molecule has 2 N–H and O–H groups in total. The number of hydrogen-bond acceptors (Lipinski definition) is 6. The maximum atomic E-state index is 14.1. The van der Waals surface area contributed by atoms with E-state index in [1.807, 2.05) is 19.1 Å². The monoisotopic (exact) mass is 479 g/mol. The van der Waals surface area contributed by atoms with Gasteiger partial charge in [-0.25, -0.2) is 18.6 Å². The Morgan fingerprint density at radius 2 is 2.11 bits per heavy atom. The van der Waals surface area contributed by atoms with Gasteiger partial charge < -0.3 is 15.3 Å². The number of alkyl halides is 2. The van der Waals surface area contributed by atoms with Crippen molar-refractivity contribution >= 4 is 23.1 Å². The summed E-state index contributed by atoms with van der Waals surface area (Å²) >= 11 is 0. The van der Waals surface area contributed by atoms with E-state index in [9.17, 15) is 28.7 Å². The van der Waals surface area contributed by atoms with Gasteiger partial charge in [0.05, 0.1) is 11.6 Å². The smallest absolute Gasteiger partial charge is 0.337 e. The highest BCUT2D eigenvalue weighted by molar-refractivity contribution is 5.94. The number of nitrogens with zero attached hydrogens (tertiary/aromatic N) is 4. The van der Waals surface area contributed by atoms with Crippen LogP contribution in [0.1, 0.15) is 52.9 Å². The van der Waals surface area contributed by atoms with E-state index in [4.69, 9.17) is 0 Å². The summed E-state index contributed by atoms with van der Waals surface area (Å²) in [5.74, 6) is -4.53. The van der Waals surface area contributed by atoms with Gasteiger partial charge >= 0.3 is 5.97 Å². The molecule has 5 rings (SSSR count). The lowest BCUT2D eigenvalue weighted by atomic mass is 10.0. The van der Waals surface area contributed by atoms with Crippen molar-refractivity contribution in [1.29, 1.82) is 5.26 Å². The Balaban J connectivity index is 1.63. The number of para-hydroxylation sites is 1. The third-order valence-electron chi connectivity index (χ3n) is 6.97. The molecule has 0 radical (unpaired) electrons. The molecule has 35 heavy (non-hydrogen) atoms. The molecule has 1 saturated carbocycles. The SMILES string of the molecule is Cc1cc([C@@H](C)Nc2ccccc2C(=O)O)c2nc(N3C[C@H]4C[C@@H]3CC4(F)F)c(C#N)c(=O)n2c1. The van der Waals surface area contributed by atoms with Gasteiger partial charge in [0.15, 0.2) is 11.4 Å². The van der Waals surface area contributed by atoms with Crippen LogP contribution in [0, 0.1) is 24.2 Å². The van der Waals surface area contributed by atoms with Gasteiger partial charge in [-0.1, -0.05) is 12.1 Å². The van der Waals surface area contributed by atoms with Crippen LogP contribution in [-0.4, -0.2) is 39.0 Å². The molecule has 1 aliphatic carbocycles. The quantitative estimate of drug-likeness (QED) is 0.570. The van der Waals surface area contributed by atoms with Gasteiger partial charge in [0.25, 0.3) is 11.5 Å². The van der Waals surface area contributed by atoms with Gasteiger partial charge in [0.1, 0.15) is 11.7 Å². The number of halogens is 2. The lowest BCUT2D eigenvalue weighted by Gasteiger charge is -2.32. The van der Waals surface area contributed by atoms with Gasteiger partial charge in [-0.2, -0.15) is 5.26 Å². The van der Waals surface area contributed by atoms with Gasteiger partial charge in [-0.3, -0.25) is 9.20 Å². The summed E-state index contributed by atoms with van der Waals surface area (Å²) in [6.07, 6.45) is 1.55. The molecule has 10 heteroatoms. The fourth-order valence-corrected chi connectivity index (χ4v) is 5.28. The molecule has 8 nitrogen and oxygen atoms in total. The predicted octanol–water partition coefficient (Wildman–Crippen LogP) is 3.98. The van der Waals surface area contributed by atoms with E-state index in [0.717, 1.165) is 5.56 Å². The van der Waals surface area contributed by atoms with E-state index in [2.05, 4.69) is 10.3 Å². The molecule has 1 saturated heterocycles. The van der Waals surface area contributed by atoms with Crippen LogP contribution in [0.15, 0.2) is 41.3 Å². The Morgan fingerprint density at radius 3 is 2.74 bits per heavy atom. The number of nitrogens with one attached hydrogen (secondary N) is 1. The maximum Gasteiger partial charge on any atom is 0.337 e. The van der Waals surface area contributed by atoms with Crippen LogP contribution >= 0.6 is 0 Å². The fourth-order valence-electron chi connectivity index (χ4n) is 5.28. The van der Waals surface area contributed by atoms with E-state index < -0.39 is 35.5 Å². The summed E-state index contributed by atoms with van der Waals surface area (Å²) in [4.78, 5) is 31.3. The molecule has 2 aromatic heterocycles. The molecule has 1 aromatic carbocycles. The Kier molecular flexibility index (Phi) is 5.24. The van der Waals surface area contributed by atoms with Gasteiger partial charge in [-0.05, 0) is 44.0 Å². The summed E-state index contributed by atoms with van der Waals surface area (Å²) in [5.41, 5.74) is 1.41. The number of carboxylic acid groups (broad SMARTS) is 1. The van der Waals surface area contributed by atoms with Crippen LogP contribution in [0.4, 0.5) is 20.3 Å². The first kappa shape index (κ1) is 22.8. The second-order valence-electron chi connectivity index (χ2n) is 9.31. The molecule has 2 fully saturated rings. The van der Waals surface area contributed by atoms with Crippen molar-refractivity contribution in [2.24, 2.45) is 5.92 Å². The standard InChI is InChI=1S/C25H23F2N5O3/c1-13-7-18(14(2)29-20-6-4-3-5-17(20)24(34)35)21-30-22(19(10-28)23(33)32(21)11-13)31-12-15-8-16(31)9-25(15,26)27/h3-7,11,14-16,29H,8-9,12H2,1-2H3,(H,34,35)/t14-,15-,16-/m1/s1. The number of aromatic carboxylic acids is 1. The van der Waals surface area contributed by atoms with Crippen LogP contribution in [0.3, 0.4) is 0 Å². The zero-order chi connectivity index (χ0) is 25.1. The molecule has 3 atom stereocenters. The molecule has 3 heterocycles. The van der Waals surface area contributed by atoms with Crippen molar-refractivity contribution < 1.29 is 18.7 Å². The van der Waals surface area contributed by atoms with Crippen molar-refractivity contribution in [3.8, 4) is 6.07 Å². The fraction of sp³-hybridized carbons (Fsp3) is 0.360. The number of nitriles is 1. The minimum atomic E-state index is -2.75. The summed E-state index contributed by atoms with van der Waals surface area (Å²) in [5, 5.41) is 22.5. The molecule has 0 unspecified atom stereocenters. The van der Waals surface area contributed by atoms with Crippen molar-refractivity contribution in [2.75, 3.05) is 16.8 Å². The molecule has 0 spiro atoms. The second-order valence-corrected chi connectivity index (χ2v) is 9.31. The van der Waals surface area contributed by atoms with E-state index in [1.165, 1.54) is 10.5 Å². The zero-order valence-electron chi connectivity index (χ0n) is 19.1. The van der Waals surface area contributed by atoms with E-state index in [0.29, 0.717) is 17.7 Å². The first-order valence-electron chi connectivity index (χ1n) is 11.3. The first-order valence-corrected chi connectivity index (χ1v) is 11.3. The molecule has 2 bridgehead atoms. The number of pyridine rings is 1. The highest BCUT2D eigenvalue weighted by Crippen LogP contribution is 2.49. The minimum Gasteiger partial charge on any atom is -0.478 e. The molecule has 2 aliphatic rings. The van der Waals surface area contributed by atoms with Crippen molar-refractivity contribution in [2.45, 2.75) is 44.7 Å². The van der Waals surface area contributed by atoms with Crippen LogP contribution in [0.2, 0.25) is 0 Å². The van der Waals surface area contributed by atoms with Crippen LogP contribution in [0.5, 0.6) is 0 Å². The number of aromatic nitrogens is 2. The highest BCUT2D eigenvalue weighted by Gasteiger charge is 2.56. The van der Waals surface area contributed by atoms with Crippen LogP contribution < -0.4 is 15.8 Å². The van der Waals surface area contributed by atoms with Crippen molar-refractivity contribution in [3.05, 3.63) is 69.1 Å². The van der Waals surface area contributed by atoms with Crippen molar-refractivity contribution in [1.82, 2.24) is 9.38 Å². The number of piperidine rings is 1. The number of aryl methyl sites for hydroxylation is 1. The lowest BCUT2D eigenvalue weighted by Crippen LogP contribution is -2.42. The lowest BCUT2D eigenvalue weighted by molar-refractivity contribution is -0.0411. The number of carboxylic acids is 1. The predicted molar refractivity (Wildman–Crippen MR) is 125 cm³/mol. The average Bonchev–Trinajstić information content (AvgIpc) is 3.35. The third-order valence-corrected chi connectivity index (χ3v) is 6.97. The highest BCUT2D eigenvalue weighted by atomic mass is 19.3. The number of anilines is 2.